The molecule has 2 amide bonds. The molecule has 1 aliphatic rings. The first-order valence-corrected chi connectivity index (χ1v) is 10.1. The van der Waals surface area contributed by atoms with Crippen molar-refractivity contribution in [1.82, 2.24) is 29.8 Å². The molecule has 0 radical (unpaired) electrons. The number of pyridine rings is 1. The molecule has 0 spiro atoms. The molecule has 3 aromatic rings. The lowest BCUT2D eigenvalue weighted by Crippen LogP contribution is -2.51. The molecule has 0 unspecified atom stereocenters. The van der Waals surface area contributed by atoms with Gasteiger partial charge in [-0.15, -0.1) is 5.10 Å². The molecule has 0 bridgehead atoms. The number of piperazine rings is 1. The number of carbonyl (C=O) groups excluding carboxylic acids is 2. The first kappa shape index (κ1) is 20.3. The minimum absolute atomic E-state index is 0.0587. The van der Waals surface area contributed by atoms with Gasteiger partial charge in [-0.3, -0.25) is 9.59 Å². The number of carbonyl (C=O) groups is 2. The molecule has 30 heavy (non-hydrogen) atoms. The van der Waals surface area contributed by atoms with Crippen molar-refractivity contribution in [2.24, 2.45) is 0 Å². The normalized spacial score (nSPS) is 17.1. The molecule has 1 fully saturated rings. The van der Waals surface area contributed by atoms with Crippen LogP contribution < -0.4 is 0 Å². The van der Waals surface area contributed by atoms with E-state index in [1.807, 2.05) is 36.5 Å². The predicted molar refractivity (Wildman–Crippen MR) is 113 cm³/mol. The van der Waals surface area contributed by atoms with Gasteiger partial charge in [0, 0.05) is 55.0 Å². The molecule has 10 heteroatoms. The van der Waals surface area contributed by atoms with Crippen LogP contribution in [0, 0.1) is 0 Å². The van der Waals surface area contributed by atoms with Crippen LogP contribution in [0.5, 0.6) is 0 Å². The van der Waals surface area contributed by atoms with E-state index in [0.29, 0.717) is 30.3 Å². The van der Waals surface area contributed by atoms with E-state index in [9.17, 15) is 9.59 Å². The first-order chi connectivity index (χ1) is 14.5. The highest BCUT2D eigenvalue weighted by molar-refractivity contribution is 6.31. The van der Waals surface area contributed by atoms with Crippen molar-refractivity contribution in [2.75, 3.05) is 19.6 Å². The second kappa shape index (κ2) is 8.41. The number of fused-ring (bicyclic) bond motifs is 1. The maximum Gasteiger partial charge on any atom is 0.247 e. The van der Waals surface area contributed by atoms with Gasteiger partial charge in [0.2, 0.25) is 11.8 Å². The number of rotatable bonds is 3. The Balaban J connectivity index is 1.73. The second-order valence-electron chi connectivity index (χ2n) is 6.98. The van der Waals surface area contributed by atoms with Crippen molar-refractivity contribution in [3.8, 4) is 11.1 Å². The average Bonchev–Trinajstić information content (AvgIpc) is 3.21. The number of amides is 2. The average molecular weight is 445 g/mol. The molecule has 1 aromatic carbocycles. The Bertz CT molecular complexity index is 1150. The van der Waals surface area contributed by atoms with Crippen LogP contribution in [0.2, 0.25) is 5.02 Å². The van der Waals surface area contributed by atoms with Gasteiger partial charge in [0.1, 0.15) is 0 Å². The molecule has 0 saturated carbocycles. The summed E-state index contributed by atoms with van der Waals surface area (Å²) >= 11 is 12.0. The fourth-order valence-electron chi connectivity index (χ4n) is 3.69. The lowest BCUT2D eigenvalue weighted by molar-refractivity contribution is -0.139. The van der Waals surface area contributed by atoms with Gasteiger partial charge in [0.25, 0.3) is 0 Å². The molecular weight excluding hydrogens is 427 g/mol. The van der Waals surface area contributed by atoms with Crippen LogP contribution in [0.4, 0.5) is 0 Å². The van der Waals surface area contributed by atoms with E-state index in [0.717, 1.165) is 16.7 Å². The Hall–Kier alpha value is -2.97. The van der Waals surface area contributed by atoms with Gasteiger partial charge in [-0.05, 0) is 51.9 Å². The number of aromatic nitrogens is 4. The van der Waals surface area contributed by atoms with E-state index in [2.05, 4.69) is 15.5 Å². The molecular formula is C20H18Cl2N6O2. The van der Waals surface area contributed by atoms with Crippen LogP contribution in [0.25, 0.3) is 16.8 Å². The summed E-state index contributed by atoms with van der Waals surface area (Å²) in [7, 11) is 0. The molecule has 0 N–H and O–H groups in total. The van der Waals surface area contributed by atoms with Crippen molar-refractivity contribution in [3.63, 3.8) is 0 Å². The zero-order valence-corrected chi connectivity index (χ0v) is 17.6. The van der Waals surface area contributed by atoms with E-state index in [-0.39, 0.29) is 17.9 Å². The molecule has 1 atom stereocenters. The van der Waals surface area contributed by atoms with Crippen molar-refractivity contribution in [1.29, 1.82) is 0 Å². The van der Waals surface area contributed by atoms with Crippen LogP contribution in [0.1, 0.15) is 18.5 Å². The van der Waals surface area contributed by atoms with Gasteiger partial charge in [-0.25, -0.2) is 4.52 Å². The molecule has 1 saturated heterocycles. The Morgan fingerprint density at radius 3 is 2.77 bits per heavy atom. The summed E-state index contributed by atoms with van der Waals surface area (Å²) in [6.45, 7) is 2.76. The maximum absolute atomic E-state index is 12.3. The molecule has 4 rings (SSSR count). The van der Waals surface area contributed by atoms with Gasteiger partial charge in [0.05, 0.1) is 6.04 Å². The highest BCUT2D eigenvalue weighted by Gasteiger charge is 2.32. The van der Waals surface area contributed by atoms with Gasteiger partial charge < -0.3 is 9.80 Å². The minimum Gasteiger partial charge on any atom is -0.335 e. The molecule has 154 valence electrons. The van der Waals surface area contributed by atoms with Gasteiger partial charge >= 0.3 is 0 Å². The van der Waals surface area contributed by atoms with E-state index < -0.39 is 0 Å². The number of hydrogen-bond donors (Lipinski definition) is 0. The Morgan fingerprint density at radius 2 is 2.00 bits per heavy atom. The van der Waals surface area contributed by atoms with Crippen molar-refractivity contribution in [3.05, 3.63) is 58.7 Å². The fraction of sp³-hybridized carbons (Fsp3) is 0.250. The predicted octanol–water partition coefficient (Wildman–Crippen LogP) is 2.93. The molecule has 3 heterocycles. The topological polar surface area (TPSA) is 83.7 Å². The van der Waals surface area contributed by atoms with Crippen molar-refractivity contribution in [2.45, 2.75) is 13.0 Å². The number of nitrogens with zero attached hydrogens (tertiary/aromatic N) is 6. The number of benzene rings is 1. The lowest BCUT2D eigenvalue weighted by atomic mass is 9.97. The summed E-state index contributed by atoms with van der Waals surface area (Å²) in [5.74, 6) is -0.249. The van der Waals surface area contributed by atoms with Gasteiger partial charge in [-0.1, -0.05) is 23.2 Å². The smallest absolute Gasteiger partial charge is 0.247 e. The summed E-state index contributed by atoms with van der Waals surface area (Å²) < 4.78 is 1.58. The molecule has 2 aromatic heterocycles. The fourth-order valence-corrected chi connectivity index (χ4v) is 4.04. The van der Waals surface area contributed by atoms with E-state index in [1.54, 1.807) is 14.3 Å². The SMILES string of the molecule is CC(=O)N1CCN(C(=O)/C=C\Cl)C[C@H]1c1cc(Cl)cc(-c2ccc3nnnn3c2)c1. The highest BCUT2D eigenvalue weighted by Crippen LogP contribution is 2.32. The highest BCUT2D eigenvalue weighted by atomic mass is 35.5. The number of halogens is 2. The molecule has 1 aliphatic heterocycles. The van der Waals surface area contributed by atoms with Gasteiger partial charge in [-0.2, -0.15) is 0 Å². The molecule has 8 nitrogen and oxygen atoms in total. The van der Waals surface area contributed by atoms with E-state index >= 15 is 0 Å². The zero-order chi connectivity index (χ0) is 21.3. The first-order valence-electron chi connectivity index (χ1n) is 9.28. The summed E-state index contributed by atoms with van der Waals surface area (Å²) in [6.07, 6.45) is 3.13. The van der Waals surface area contributed by atoms with Crippen LogP contribution >= 0.6 is 23.2 Å². The van der Waals surface area contributed by atoms with E-state index in [4.69, 9.17) is 23.2 Å². The monoisotopic (exact) mass is 444 g/mol. The molecule has 0 aliphatic carbocycles. The second-order valence-corrected chi connectivity index (χ2v) is 7.67. The van der Waals surface area contributed by atoms with Crippen molar-refractivity contribution >= 4 is 40.7 Å². The summed E-state index contributed by atoms with van der Waals surface area (Å²) in [5, 5.41) is 12.0. The third-order valence-corrected chi connectivity index (χ3v) is 5.48. The third-order valence-electron chi connectivity index (χ3n) is 5.13. The third kappa shape index (κ3) is 4.01. The van der Waals surface area contributed by atoms with Crippen LogP contribution in [0.3, 0.4) is 0 Å². The minimum atomic E-state index is -0.321. The quantitative estimate of drug-likeness (QED) is 0.579. The standard InChI is InChI=1S/C20H18Cl2N6O2/c1-13(29)27-7-6-26(20(30)4-5-21)12-18(27)16-8-15(9-17(22)10-16)14-2-3-19-23-24-25-28(19)11-14/h2-5,8-11,18H,6-7,12H2,1H3/b5-4-/t18-/m0/s1. The zero-order valence-electron chi connectivity index (χ0n) is 16.1. The van der Waals surface area contributed by atoms with Crippen LogP contribution in [-0.2, 0) is 9.59 Å². The van der Waals surface area contributed by atoms with Crippen LogP contribution in [-0.4, -0.2) is 61.3 Å². The number of tetrazole rings is 1. The number of hydrogen-bond acceptors (Lipinski definition) is 5. The Morgan fingerprint density at radius 1 is 1.17 bits per heavy atom. The summed E-state index contributed by atoms with van der Waals surface area (Å²) in [6, 6.07) is 9.05. The maximum atomic E-state index is 12.3. The summed E-state index contributed by atoms with van der Waals surface area (Å²) in [5.41, 5.74) is 4.42. The van der Waals surface area contributed by atoms with Crippen LogP contribution in [0.15, 0.2) is 48.1 Å². The Kier molecular flexibility index (Phi) is 5.69. The van der Waals surface area contributed by atoms with E-state index in [1.165, 1.54) is 18.5 Å². The Labute approximate surface area is 182 Å². The lowest BCUT2D eigenvalue weighted by Gasteiger charge is -2.41. The van der Waals surface area contributed by atoms with Gasteiger partial charge in [0.15, 0.2) is 5.65 Å². The largest absolute Gasteiger partial charge is 0.335 e. The summed E-state index contributed by atoms with van der Waals surface area (Å²) in [4.78, 5) is 28.0. The van der Waals surface area contributed by atoms with Crippen molar-refractivity contribution < 1.29 is 9.59 Å².